The molecule has 0 radical (unpaired) electrons. The summed E-state index contributed by atoms with van der Waals surface area (Å²) in [5.74, 6) is 0. The minimum absolute atomic E-state index is 0. The summed E-state index contributed by atoms with van der Waals surface area (Å²) < 4.78 is 0. The summed E-state index contributed by atoms with van der Waals surface area (Å²) in [5.41, 5.74) is 0. The average molecular weight is 260 g/mol. The van der Waals surface area contributed by atoms with Crippen molar-refractivity contribution in [1.29, 1.82) is 0 Å². The van der Waals surface area contributed by atoms with E-state index in [0.717, 1.165) is 0 Å². The second kappa shape index (κ2) is 3.24. The third kappa shape index (κ3) is 1.47. The van der Waals surface area contributed by atoms with E-state index in [0.29, 0.717) is 0 Å². The predicted molar refractivity (Wildman–Crippen MR) is 22.0 cm³/mol. The Labute approximate surface area is 51.8 Å². The van der Waals surface area contributed by atoms with Gasteiger partial charge in [-0.1, -0.05) is 0 Å². The van der Waals surface area contributed by atoms with Gasteiger partial charge in [0.2, 0.25) is 0 Å². The monoisotopic (exact) mass is 260 g/mol. The first-order valence-electron chi connectivity index (χ1n) is 1.67. The molecule has 1 aromatic rings. The molecule has 0 aromatic heterocycles. The second-order valence-electron chi connectivity index (χ2n) is 0.962. The van der Waals surface area contributed by atoms with Crippen molar-refractivity contribution in [3.8, 4) is 0 Å². The van der Waals surface area contributed by atoms with Crippen LogP contribution in [0.5, 0.6) is 0 Å². The van der Waals surface area contributed by atoms with Crippen molar-refractivity contribution in [2.24, 2.45) is 0 Å². The molecule has 0 aliphatic carbocycles. The Bertz CT molecular complexity index is 60.4. The van der Waals surface area contributed by atoms with Crippen molar-refractivity contribution >= 4 is 0 Å². The zero-order valence-corrected chi connectivity index (χ0v) is 5.48. The fraction of sp³-hybridized carbons (Fsp3) is 0. The molecular weight excluding hydrogens is 255 g/mol. The van der Waals surface area contributed by atoms with Gasteiger partial charge in [-0.2, -0.15) is 18.2 Å². The van der Waals surface area contributed by atoms with Crippen molar-refractivity contribution in [2.75, 3.05) is 0 Å². The molecule has 0 amide bonds. The fourth-order valence-electron chi connectivity index (χ4n) is 0.321. The Hall–Kier alpha value is 0.0383. The van der Waals surface area contributed by atoms with Gasteiger partial charge in [-0.15, -0.1) is 0 Å². The molecule has 0 aliphatic heterocycles. The second-order valence-corrected chi connectivity index (χ2v) is 0.962. The van der Waals surface area contributed by atoms with E-state index in [2.05, 4.69) is 0 Å². The van der Waals surface area contributed by atoms with Crippen LogP contribution in [0, 0.1) is 0 Å². The fourth-order valence-corrected chi connectivity index (χ4v) is 0.321. The van der Waals surface area contributed by atoms with E-state index in [9.17, 15) is 0 Å². The predicted octanol–water partition coefficient (Wildman–Crippen LogP) is 1.40. The van der Waals surface area contributed by atoms with Gasteiger partial charge in [0, 0.05) is 21.1 Å². The first-order chi connectivity index (χ1) is 2.50. The summed E-state index contributed by atoms with van der Waals surface area (Å²) in [6.07, 6.45) is 0. The van der Waals surface area contributed by atoms with Gasteiger partial charge in [-0.05, 0) is 0 Å². The van der Waals surface area contributed by atoms with Crippen LogP contribution in [0.1, 0.15) is 0 Å². The maximum Gasteiger partial charge on any atom is 0 e. The van der Waals surface area contributed by atoms with Crippen molar-refractivity contribution in [1.82, 2.24) is 0 Å². The molecule has 0 fully saturated rings. The molecular formula is C5H5Pt-. The molecule has 0 spiro atoms. The number of rotatable bonds is 0. The molecule has 0 bridgehead atoms. The SMILES string of the molecule is [Pt].c1cc[cH-]c1. The number of hydrogen-bond donors (Lipinski definition) is 0. The van der Waals surface area contributed by atoms with Gasteiger partial charge >= 0.3 is 0 Å². The van der Waals surface area contributed by atoms with Crippen LogP contribution in [-0.2, 0) is 21.1 Å². The first kappa shape index (κ1) is 6.04. The third-order valence-corrected chi connectivity index (χ3v) is 0.556. The van der Waals surface area contributed by atoms with Crippen LogP contribution in [0.15, 0.2) is 30.3 Å². The van der Waals surface area contributed by atoms with Crippen molar-refractivity contribution in [3.63, 3.8) is 0 Å². The van der Waals surface area contributed by atoms with E-state index in [1.807, 2.05) is 30.3 Å². The molecule has 0 saturated heterocycles. The minimum Gasteiger partial charge on any atom is -0.214 e. The smallest absolute Gasteiger partial charge is 0 e. The largest absolute Gasteiger partial charge is 0.214 e. The molecule has 0 N–H and O–H groups in total. The molecule has 1 heteroatoms. The van der Waals surface area contributed by atoms with Crippen LogP contribution in [0.3, 0.4) is 0 Å². The molecule has 1 rings (SSSR count). The average Bonchev–Trinajstić information content (AvgIpc) is 1.76. The van der Waals surface area contributed by atoms with E-state index in [1.54, 1.807) is 0 Å². The van der Waals surface area contributed by atoms with Crippen molar-refractivity contribution in [2.45, 2.75) is 0 Å². The molecule has 6 heavy (non-hydrogen) atoms. The van der Waals surface area contributed by atoms with Gasteiger partial charge in [0.1, 0.15) is 0 Å². The Morgan fingerprint density at radius 3 is 1.67 bits per heavy atom. The van der Waals surface area contributed by atoms with E-state index >= 15 is 0 Å². The maximum absolute atomic E-state index is 2.00. The maximum atomic E-state index is 2.00. The normalized spacial score (nSPS) is 6.67. The van der Waals surface area contributed by atoms with Gasteiger partial charge in [-0.25, -0.2) is 12.1 Å². The van der Waals surface area contributed by atoms with Crippen LogP contribution in [0.25, 0.3) is 0 Å². The van der Waals surface area contributed by atoms with E-state index in [-0.39, 0.29) is 21.1 Å². The molecule has 0 aliphatic rings. The Morgan fingerprint density at radius 1 is 1.00 bits per heavy atom. The van der Waals surface area contributed by atoms with Crippen LogP contribution >= 0.6 is 0 Å². The summed E-state index contributed by atoms with van der Waals surface area (Å²) >= 11 is 0. The molecule has 0 saturated carbocycles. The topological polar surface area (TPSA) is 0 Å². The summed E-state index contributed by atoms with van der Waals surface area (Å²) in [6, 6.07) is 10.0. The van der Waals surface area contributed by atoms with Crippen LogP contribution in [-0.4, -0.2) is 0 Å². The third-order valence-electron chi connectivity index (χ3n) is 0.556. The number of hydrogen-bond acceptors (Lipinski definition) is 0. The summed E-state index contributed by atoms with van der Waals surface area (Å²) in [5, 5.41) is 0. The molecule has 0 atom stereocenters. The van der Waals surface area contributed by atoms with Crippen molar-refractivity contribution in [3.05, 3.63) is 30.3 Å². The van der Waals surface area contributed by atoms with Gasteiger partial charge in [0.15, 0.2) is 0 Å². The van der Waals surface area contributed by atoms with Gasteiger partial charge < -0.3 is 0 Å². The van der Waals surface area contributed by atoms with Gasteiger partial charge in [0.05, 0.1) is 0 Å². The van der Waals surface area contributed by atoms with Crippen LogP contribution in [0.4, 0.5) is 0 Å². The molecule has 0 unspecified atom stereocenters. The van der Waals surface area contributed by atoms with Crippen molar-refractivity contribution < 1.29 is 21.1 Å². The summed E-state index contributed by atoms with van der Waals surface area (Å²) in [4.78, 5) is 0. The Balaban J connectivity index is 0.000000250. The van der Waals surface area contributed by atoms with E-state index < -0.39 is 0 Å². The van der Waals surface area contributed by atoms with E-state index in [4.69, 9.17) is 0 Å². The molecule has 1 aromatic carbocycles. The van der Waals surface area contributed by atoms with Crippen LogP contribution < -0.4 is 0 Å². The van der Waals surface area contributed by atoms with Crippen LogP contribution in [0.2, 0.25) is 0 Å². The summed E-state index contributed by atoms with van der Waals surface area (Å²) in [6.45, 7) is 0. The van der Waals surface area contributed by atoms with Gasteiger partial charge in [0.25, 0.3) is 0 Å². The standard InChI is InChI=1S/C5H5.Pt/c1-2-4-5-3-1;/h1-5H;/q-1;. The first-order valence-corrected chi connectivity index (χ1v) is 1.67. The zero-order valence-electron chi connectivity index (χ0n) is 3.20. The zero-order chi connectivity index (χ0) is 3.54. The Kier molecular flexibility index (Phi) is 3.26. The minimum atomic E-state index is 0. The molecule has 36 valence electrons. The Morgan fingerprint density at radius 2 is 1.50 bits per heavy atom. The molecule has 0 heterocycles. The summed E-state index contributed by atoms with van der Waals surface area (Å²) in [7, 11) is 0. The van der Waals surface area contributed by atoms with E-state index in [1.165, 1.54) is 0 Å². The quantitative estimate of drug-likeness (QED) is 0.619. The van der Waals surface area contributed by atoms with Gasteiger partial charge in [-0.3, -0.25) is 0 Å². The molecule has 0 nitrogen and oxygen atoms in total.